The number of nitro benzene ring substituents is 1. The van der Waals surface area contributed by atoms with Crippen molar-refractivity contribution in [3.8, 4) is 0 Å². The second kappa shape index (κ2) is 6.67. The van der Waals surface area contributed by atoms with Gasteiger partial charge in [0.15, 0.2) is 0 Å². The summed E-state index contributed by atoms with van der Waals surface area (Å²) >= 11 is 5.78. The Kier molecular flexibility index (Phi) is 4.92. The molecule has 20 heavy (non-hydrogen) atoms. The molecule has 1 saturated heterocycles. The van der Waals surface area contributed by atoms with Gasteiger partial charge in [-0.15, -0.1) is 0 Å². The third-order valence-electron chi connectivity index (χ3n) is 3.18. The van der Waals surface area contributed by atoms with E-state index in [1.165, 1.54) is 18.2 Å². The van der Waals surface area contributed by atoms with Crippen molar-refractivity contribution in [1.82, 2.24) is 5.32 Å². The number of nitro groups is 1. The Morgan fingerprint density at radius 2 is 2.35 bits per heavy atom. The Labute approximate surface area is 121 Å². The summed E-state index contributed by atoms with van der Waals surface area (Å²) in [6.07, 6.45) is 2.91. The van der Waals surface area contributed by atoms with E-state index in [0.29, 0.717) is 18.0 Å². The van der Waals surface area contributed by atoms with Crippen LogP contribution < -0.4 is 5.32 Å². The van der Waals surface area contributed by atoms with Crippen LogP contribution in [0.25, 0.3) is 0 Å². The molecule has 1 aliphatic heterocycles. The molecule has 1 fully saturated rings. The summed E-state index contributed by atoms with van der Waals surface area (Å²) in [7, 11) is 0. The molecule has 1 atom stereocenters. The van der Waals surface area contributed by atoms with Crippen molar-refractivity contribution < 1.29 is 14.5 Å². The molecular formula is C13H15ClN2O4. The van der Waals surface area contributed by atoms with E-state index in [0.717, 1.165) is 19.4 Å². The molecule has 0 aliphatic carbocycles. The number of benzene rings is 1. The molecule has 1 N–H and O–H groups in total. The third kappa shape index (κ3) is 3.68. The smallest absolute Gasteiger partial charge is 0.282 e. The SMILES string of the molecule is O=C(NCCC1CCCO1)c1cc(Cl)ccc1[N+](=O)[O-]. The highest BCUT2D eigenvalue weighted by molar-refractivity contribution is 6.31. The van der Waals surface area contributed by atoms with Crippen LogP contribution in [0, 0.1) is 10.1 Å². The summed E-state index contributed by atoms with van der Waals surface area (Å²) < 4.78 is 5.44. The van der Waals surface area contributed by atoms with Crippen LogP contribution >= 0.6 is 11.6 Å². The molecule has 1 aromatic rings. The second-order valence-electron chi connectivity index (χ2n) is 4.60. The maximum Gasteiger partial charge on any atom is 0.282 e. The molecule has 108 valence electrons. The summed E-state index contributed by atoms with van der Waals surface area (Å²) in [5.41, 5.74) is -0.265. The van der Waals surface area contributed by atoms with Gasteiger partial charge in [-0.05, 0) is 31.4 Å². The average molecular weight is 299 g/mol. The first-order valence-corrected chi connectivity index (χ1v) is 6.79. The fraction of sp³-hybridized carbons (Fsp3) is 0.462. The highest BCUT2D eigenvalue weighted by atomic mass is 35.5. The predicted octanol–water partition coefficient (Wildman–Crippen LogP) is 2.55. The Morgan fingerprint density at radius 1 is 1.55 bits per heavy atom. The van der Waals surface area contributed by atoms with Gasteiger partial charge in [0.2, 0.25) is 0 Å². The molecule has 0 radical (unpaired) electrons. The van der Waals surface area contributed by atoms with Crippen molar-refractivity contribution in [3.05, 3.63) is 38.9 Å². The van der Waals surface area contributed by atoms with Crippen LogP contribution in [0.5, 0.6) is 0 Å². The molecule has 1 heterocycles. The van der Waals surface area contributed by atoms with Crippen LogP contribution in [0.2, 0.25) is 5.02 Å². The summed E-state index contributed by atoms with van der Waals surface area (Å²) in [6.45, 7) is 1.19. The van der Waals surface area contributed by atoms with Crippen molar-refractivity contribution >= 4 is 23.2 Å². The van der Waals surface area contributed by atoms with Crippen molar-refractivity contribution in [2.45, 2.75) is 25.4 Å². The molecule has 7 heteroatoms. The molecule has 1 unspecified atom stereocenters. The molecule has 1 amide bonds. The van der Waals surface area contributed by atoms with Gasteiger partial charge in [0.05, 0.1) is 11.0 Å². The van der Waals surface area contributed by atoms with Crippen LogP contribution in [0.4, 0.5) is 5.69 Å². The number of hydrogen-bond acceptors (Lipinski definition) is 4. The molecule has 0 aromatic heterocycles. The zero-order chi connectivity index (χ0) is 14.5. The van der Waals surface area contributed by atoms with Crippen molar-refractivity contribution in [2.24, 2.45) is 0 Å². The normalized spacial score (nSPS) is 17.9. The minimum atomic E-state index is -0.592. The summed E-state index contributed by atoms with van der Waals surface area (Å²) in [6, 6.07) is 3.93. The lowest BCUT2D eigenvalue weighted by Gasteiger charge is -2.10. The van der Waals surface area contributed by atoms with E-state index in [-0.39, 0.29) is 17.4 Å². The summed E-state index contributed by atoms with van der Waals surface area (Å²) in [5, 5.41) is 13.8. The van der Waals surface area contributed by atoms with Gasteiger partial charge in [-0.2, -0.15) is 0 Å². The number of nitrogens with zero attached hydrogens (tertiary/aromatic N) is 1. The monoisotopic (exact) mass is 298 g/mol. The number of carbonyl (C=O) groups excluding carboxylic acids is 1. The van der Waals surface area contributed by atoms with E-state index >= 15 is 0 Å². The number of halogens is 1. The highest BCUT2D eigenvalue weighted by Crippen LogP contribution is 2.22. The lowest BCUT2D eigenvalue weighted by atomic mass is 10.1. The number of hydrogen-bond donors (Lipinski definition) is 1. The van der Waals surface area contributed by atoms with E-state index in [1.54, 1.807) is 0 Å². The van der Waals surface area contributed by atoms with Crippen molar-refractivity contribution in [3.63, 3.8) is 0 Å². The van der Waals surface area contributed by atoms with Gasteiger partial charge in [0, 0.05) is 24.2 Å². The molecule has 0 bridgehead atoms. The topological polar surface area (TPSA) is 81.5 Å². The van der Waals surface area contributed by atoms with Crippen LogP contribution in [-0.2, 0) is 4.74 Å². The Bertz CT molecular complexity index is 515. The molecule has 0 saturated carbocycles. The van der Waals surface area contributed by atoms with Gasteiger partial charge in [-0.3, -0.25) is 14.9 Å². The zero-order valence-corrected chi connectivity index (χ0v) is 11.6. The van der Waals surface area contributed by atoms with Crippen LogP contribution in [0.3, 0.4) is 0 Å². The second-order valence-corrected chi connectivity index (χ2v) is 5.03. The molecule has 1 aromatic carbocycles. The van der Waals surface area contributed by atoms with E-state index in [2.05, 4.69) is 5.32 Å². The molecule has 1 aliphatic rings. The lowest BCUT2D eigenvalue weighted by Crippen LogP contribution is -2.27. The minimum Gasteiger partial charge on any atom is -0.378 e. The number of ether oxygens (including phenoxy) is 1. The van der Waals surface area contributed by atoms with Gasteiger partial charge in [-0.1, -0.05) is 11.6 Å². The molecule has 0 spiro atoms. The first kappa shape index (κ1) is 14.7. The first-order chi connectivity index (χ1) is 9.58. The van der Waals surface area contributed by atoms with Gasteiger partial charge >= 0.3 is 0 Å². The number of carbonyl (C=O) groups is 1. The van der Waals surface area contributed by atoms with Gasteiger partial charge in [0.25, 0.3) is 11.6 Å². The molecule has 6 nitrogen and oxygen atoms in total. The predicted molar refractivity (Wildman–Crippen MR) is 74.0 cm³/mol. The maximum atomic E-state index is 12.0. The number of nitrogens with one attached hydrogen (secondary N) is 1. The Hall–Kier alpha value is -1.66. The first-order valence-electron chi connectivity index (χ1n) is 6.41. The van der Waals surface area contributed by atoms with Gasteiger partial charge in [-0.25, -0.2) is 0 Å². The van der Waals surface area contributed by atoms with Crippen LogP contribution in [0.15, 0.2) is 18.2 Å². The van der Waals surface area contributed by atoms with E-state index in [9.17, 15) is 14.9 Å². The lowest BCUT2D eigenvalue weighted by molar-refractivity contribution is -0.385. The molecular weight excluding hydrogens is 284 g/mol. The number of rotatable bonds is 5. The van der Waals surface area contributed by atoms with Crippen LogP contribution in [0.1, 0.15) is 29.6 Å². The standard InChI is InChI=1S/C13H15ClN2O4/c14-9-3-4-12(16(18)19)11(8-9)13(17)15-6-5-10-2-1-7-20-10/h3-4,8,10H,1-2,5-7H2,(H,15,17). The van der Waals surface area contributed by atoms with E-state index < -0.39 is 10.8 Å². The third-order valence-corrected chi connectivity index (χ3v) is 3.41. The zero-order valence-electron chi connectivity index (χ0n) is 10.8. The number of amides is 1. The highest BCUT2D eigenvalue weighted by Gasteiger charge is 2.21. The van der Waals surface area contributed by atoms with Crippen molar-refractivity contribution in [2.75, 3.05) is 13.2 Å². The fourth-order valence-electron chi connectivity index (χ4n) is 2.16. The van der Waals surface area contributed by atoms with Crippen molar-refractivity contribution in [1.29, 1.82) is 0 Å². The Balaban J connectivity index is 1.97. The maximum absolute atomic E-state index is 12.0. The summed E-state index contributed by atoms with van der Waals surface area (Å²) in [4.78, 5) is 22.3. The van der Waals surface area contributed by atoms with E-state index in [1.807, 2.05) is 0 Å². The fourth-order valence-corrected chi connectivity index (χ4v) is 2.34. The average Bonchev–Trinajstić information content (AvgIpc) is 2.91. The minimum absolute atomic E-state index is 0.0187. The Morgan fingerprint density at radius 3 is 3.00 bits per heavy atom. The molecule has 2 rings (SSSR count). The summed E-state index contributed by atoms with van der Waals surface area (Å²) in [5.74, 6) is -0.489. The largest absolute Gasteiger partial charge is 0.378 e. The van der Waals surface area contributed by atoms with E-state index in [4.69, 9.17) is 16.3 Å². The van der Waals surface area contributed by atoms with Crippen LogP contribution in [-0.4, -0.2) is 30.1 Å². The van der Waals surface area contributed by atoms with Gasteiger partial charge in [0.1, 0.15) is 5.56 Å². The quantitative estimate of drug-likeness (QED) is 0.669. The van der Waals surface area contributed by atoms with Gasteiger partial charge < -0.3 is 10.1 Å².